The fraction of sp³-hybridized carbons (Fsp3) is 0.231. The average molecular weight is 270 g/mol. The molecule has 1 amide bonds. The van der Waals surface area contributed by atoms with Crippen LogP contribution in [-0.2, 0) is 0 Å². The molecule has 0 fully saturated rings. The van der Waals surface area contributed by atoms with Gasteiger partial charge in [-0.25, -0.2) is 9.50 Å². The molecule has 0 unspecified atom stereocenters. The highest BCUT2D eigenvalue weighted by molar-refractivity contribution is 6.04. The van der Waals surface area contributed by atoms with Crippen LogP contribution in [-0.4, -0.2) is 30.7 Å². The van der Waals surface area contributed by atoms with Crippen molar-refractivity contribution in [1.82, 2.24) is 24.8 Å². The van der Waals surface area contributed by atoms with Crippen LogP contribution in [0.15, 0.2) is 18.5 Å². The van der Waals surface area contributed by atoms with Crippen molar-refractivity contribution >= 4 is 17.4 Å². The molecule has 3 rings (SSSR count). The monoisotopic (exact) mass is 270 g/mol. The molecule has 0 spiro atoms. The molecule has 3 aromatic heterocycles. The van der Waals surface area contributed by atoms with Crippen LogP contribution in [0.2, 0.25) is 0 Å². The van der Waals surface area contributed by atoms with E-state index in [1.54, 1.807) is 16.9 Å². The molecular formula is C13H14N6O. The lowest BCUT2D eigenvalue weighted by Crippen LogP contribution is -2.16. The van der Waals surface area contributed by atoms with Gasteiger partial charge in [-0.2, -0.15) is 10.2 Å². The highest BCUT2D eigenvalue weighted by atomic mass is 16.1. The van der Waals surface area contributed by atoms with Gasteiger partial charge in [-0.05, 0) is 20.8 Å². The largest absolute Gasteiger partial charge is 0.307 e. The predicted molar refractivity (Wildman–Crippen MR) is 73.7 cm³/mol. The summed E-state index contributed by atoms with van der Waals surface area (Å²) in [5, 5.41) is 13.7. The van der Waals surface area contributed by atoms with Crippen molar-refractivity contribution in [2.24, 2.45) is 0 Å². The minimum absolute atomic E-state index is 0.239. The summed E-state index contributed by atoms with van der Waals surface area (Å²) in [6, 6.07) is 1.87. The van der Waals surface area contributed by atoms with Crippen LogP contribution in [0.5, 0.6) is 0 Å². The van der Waals surface area contributed by atoms with Gasteiger partial charge in [0.15, 0.2) is 5.65 Å². The van der Waals surface area contributed by atoms with E-state index >= 15 is 0 Å². The van der Waals surface area contributed by atoms with Crippen LogP contribution >= 0.6 is 0 Å². The van der Waals surface area contributed by atoms with Gasteiger partial charge in [0.25, 0.3) is 5.91 Å². The Balaban J connectivity index is 1.99. The fourth-order valence-electron chi connectivity index (χ4n) is 2.04. The predicted octanol–water partition coefficient (Wildman–Crippen LogP) is 1.63. The molecule has 2 N–H and O–H groups in total. The number of aromatic nitrogens is 5. The van der Waals surface area contributed by atoms with E-state index < -0.39 is 0 Å². The Kier molecular flexibility index (Phi) is 2.74. The summed E-state index contributed by atoms with van der Waals surface area (Å²) in [6.07, 6.45) is 3.22. The summed E-state index contributed by atoms with van der Waals surface area (Å²) in [5.41, 5.74) is 3.70. The first-order chi connectivity index (χ1) is 9.56. The van der Waals surface area contributed by atoms with Crippen LogP contribution in [0.25, 0.3) is 5.65 Å². The normalized spacial score (nSPS) is 10.9. The van der Waals surface area contributed by atoms with Gasteiger partial charge in [0.05, 0.1) is 23.1 Å². The molecule has 0 saturated heterocycles. The van der Waals surface area contributed by atoms with E-state index in [9.17, 15) is 4.79 Å². The molecule has 0 atom stereocenters. The Morgan fingerprint density at radius 1 is 1.30 bits per heavy atom. The van der Waals surface area contributed by atoms with Crippen LogP contribution in [0, 0.1) is 20.8 Å². The molecular weight excluding hydrogens is 256 g/mol. The molecule has 20 heavy (non-hydrogen) atoms. The van der Waals surface area contributed by atoms with Gasteiger partial charge in [0.2, 0.25) is 0 Å². The zero-order valence-corrected chi connectivity index (χ0v) is 11.4. The molecule has 3 heterocycles. The minimum atomic E-state index is -0.239. The number of aromatic amines is 1. The van der Waals surface area contributed by atoms with Crippen molar-refractivity contribution in [2.75, 3.05) is 5.32 Å². The Labute approximate surface area is 115 Å². The van der Waals surface area contributed by atoms with Crippen molar-refractivity contribution in [3.63, 3.8) is 0 Å². The number of H-pyrrole nitrogens is 1. The third kappa shape index (κ3) is 1.93. The molecule has 7 nitrogen and oxygen atoms in total. The van der Waals surface area contributed by atoms with E-state index in [4.69, 9.17) is 0 Å². The zero-order valence-electron chi connectivity index (χ0n) is 11.4. The Hall–Kier alpha value is -2.70. The lowest BCUT2D eigenvalue weighted by atomic mass is 10.2. The maximum Gasteiger partial charge on any atom is 0.260 e. The Morgan fingerprint density at radius 2 is 2.10 bits per heavy atom. The minimum Gasteiger partial charge on any atom is -0.307 e. The Bertz CT molecular complexity index is 800. The summed E-state index contributed by atoms with van der Waals surface area (Å²) in [6.45, 7) is 5.60. The molecule has 102 valence electrons. The third-order valence-electron chi connectivity index (χ3n) is 3.16. The second-order valence-corrected chi connectivity index (χ2v) is 4.70. The smallest absolute Gasteiger partial charge is 0.260 e. The van der Waals surface area contributed by atoms with Gasteiger partial charge < -0.3 is 5.32 Å². The quantitative estimate of drug-likeness (QED) is 0.740. The van der Waals surface area contributed by atoms with E-state index in [0.29, 0.717) is 11.4 Å². The van der Waals surface area contributed by atoms with Crippen molar-refractivity contribution in [3.05, 3.63) is 41.0 Å². The van der Waals surface area contributed by atoms with E-state index in [2.05, 4.69) is 25.6 Å². The maximum atomic E-state index is 12.3. The summed E-state index contributed by atoms with van der Waals surface area (Å²) < 4.78 is 1.67. The first-order valence-electron chi connectivity index (χ1n) is 6.19. The highest BCUT2D eigenvalue weighted by Crippen LogP contribution is 2.14. The highest BCUT2D eigenvalue weighted by Gasteiger charge is 2.15. The molecule has 0 aliphatic heterocycles. The fourth-order valence-corrected chi connectivity index (χ4v) is 2.04. The van der Waals surface area contributed by atoms with Crippen molar-refractivity contribution in [3.8, 4) is 0 Å². The first-order valence-corrected chi connectivity index (χ1v) is 6.19. The van der Waals surface area contributed by atoms with Crippen LogP contribution in [0.3, 0.4) is 0 Å². The Morgan fingerprint density at radius 3 is 2.80 bits per heavy atom. The van der Waals surface area contributed by atoms with Gasteiger partial charge in [0.1, 0.15) is 5.82 Å². The molecule has 0 aromatic carbocycles. The van der Waals surface area contributed by atoms with Crippen molar-refractivity contribution in [2.45, 2.75) is 20.8 Å². The number of fused-ring (bicyclic) bond motifs is 1. The molecule has 7 heteroatoms. The number of hydrogen-bond acceptors (Lipinski definition) is 4. The summed E-state index contributed by atoms with van der Waals surface area (Å²) >= 11 is 0. The topological polar surface area (TPSA) is 88.0 Å². The van der Waals surface area contributed by atoms with Crippen molar-refractivity contribution in [1.29, 1.82) is 0 Å². The first kappa shape index (κ1) is 12.3. The third-order valence-corrected chi connectivity index (χ3v) is 3.16. The van der Waals surface area contributed by atoms with E-state index in [1.165, 1.54) is 0 Å². The number of nitrogens with zero attached hydrogens (tertiary/aromatic N) is 4. The number of carbonyl (C=O) groups is 1. The number of carbonyl (C=O) groups excluding carboxylic acids is 1. The lowest BCUT2D eigenvalue weighted by Gasteiger charge is -2.07. The van der Waals surface area contributed by atoms with Crippen LogP contribution in [0.4, 0.5) is 5.82 Å². The number of amides is 1. The lowest BCUT2D eigenvalue weighted by molar-refractivity contribution is 0.102. The zero-order chi connectivity index (χ0) is 14.3. The number of nitrogens with one attached hydrogen (secondary N) is 2. The van der Waals surface area contributed by atoms with Crippen LogP contribution in [0.1, 0.15) is 27.3 Å². The number of aryl methyl sites for hydroxylation is 3. The molecule has 0 aliphatic rings. The molecule has 0 saturated carbocycles. The van der Waals surface area contributed by atoms with Crippen LogP contribution < -0.4 is 5.32 Å². The molecule has 0 radical (unpaired) electrons. The average Bonchev–Trinajstić information content (AvgIpc) is 2.96. The summed E-state index contributed by atoms with van der Waals surface area (Å²) in [4.78, 5) is 16.5. The second kappa shape index (κ2) is 4.44. The van der Waals surface area contributed by atoms with Crippen molar-refractivity contribution < 1.29 is 4.79 Å². The van der Waals surface area contributed by atoms with E-state index in [1.807, 2.05) is 26.8 Å². The van der Waals surface area contributed by atoms with Gasteiger partial charge in [0, 0.05) is 17.8 Å². The number of anilines is 1. The van der Waals surface area contributed by atoms with Gasteiger partial charge in [-0.3, -0.25) is 9.89 Å². The van der Waals surface area contributed by atoms with Gasteiger partial charge >= 0.3 is 0 Å². The van der Waals surface area contributed by atoms with Gasteiger partial charge in [-0.1, -0.05) is 0 Å². The van der Waals surface area contributed by atoms with E-state index in [0.717, 1.165) is 22.6 Å². The number of hydrogen-bond donors (Lipinski definition) is 2. The SMILES string of the molecule is Cc1cc2ncc(C(=O)Nc3[nH]ncc3C)c(C)n2n1. The number of rotatable bonds is 2. The molecule has 0 aliphatic carbocycles. The van der Waals surface area contributed by atoms with Gasteiger partial charge in [-0.15, -0.1) is 0 Å². The summed E-state index contributed by atoms with van der Waals surface area (Å²) in [7, 11) is 0. The molecule has 0 bridgehead atoms. The summed E-state index contributed by atoms with van der Waals surface area (Å²) in [5.74, 6) is 0.351. The standard InChI is InChI=1S/C13H14N6O/c1-7-5-15-17-12(7)16-13(20)10-6-14-11-4-8(2)18-19(11)9(10)3/h4-6H,1-3H3,(H2,15,16,17,20). The molecule has 3 aromatic rings. The van der Waals surface area contributed by atoms with E-state index in [-0.39, 0.29) is 5.91 Å². The maximum absolute atomic E-state index is 12.3. The second-order valence-electron chi connectivity index (χ2n) is 4.70.